The Labute approximate surface area is 175 Å². The van der Waals surface area contributed by atoms with Crippen molar-refractivity contribution in [3.05, 3.63) is 41.4 Å². The topological polar surface area (TPSA) is 94.3 Å². The molecule has 156 valence electrons. The number of pyridine rings is 1. The smallest absolute Gasteiger partial charge is 0.341 e. The number of rotatable bonds is 7. The first-order chi connectivity index (χ1) is 13.9. The zero-order valence-corrected chi connectivity index (χ0v) is 17.8. The lowest BCUT2D eigenvalue weighted by molar-refractivity contribution is -0.125. The molecule has 7 nitrogen and oxygen atoms in total. The van der Waals surface area contributed by atoms with E-state index in [0.717, 1.165) is 24.3 Å². The fourth-order valence-corrected chi connectivity index (χ4v) is 4.40. The summed E-state index contributed by atoms with van der Waals surface area (Å²) in [5.74, 6) is 1.43. The van der Waals surface area contributed by atoms with Crippen LogP contribution in [0.4, 0.5) is 0 Å². The molecule has 3 rings (SSSR count). The highest BCUT2D eigenvalue weighted by atomic mass is 32.2. The molecular weight excluding hydrogens is 390 g/mol. The summed E-state index contributed by atoms with van der Waals surface area (Å²) in [5.41, 5.74) is 1.11. The quantitative estimate of drug-likeness (QED) is 0.541. The van der Waals surface area contributed by atoms with E-state index in [4.69, 9.17) is 9.26 Å². The lowest BCUT2D eigenvalue weighted by atomic mass is 9.78. The second-order valence-corrected chi connectivity index (χ2v) is 8.56. The van der Waals surface area contributed by atoms with Gasteiger partial charge in [0, 0.05) is 24.1 Å². The Morgan fingerprint density at radius 1 is 1.34 bits per heavy atom. The Hall–Kier alpha value is -2.35. The molecule has 0 aromatic carbocycles. The first-order valence-electron chi connectivity index (χ1n) is 9.90. The highest BCUT2D eigenvalue weighted by molar-refractivity contribution is 7.98. The minimum absolute atomic E-state index is 0.139. The number of hydrogen-bond donors (Lipinski definition) is 1. The van der Waals surface area contributed by atoms with Gasteiger partial charge < -0.3 is 14.6 Å². The van der Waals surface area contributed by atoms with Gasteiger partial charge in [0.15, 0.2) is 6.61 Å². The van der Waals surface area contributed by atoms with Gasteiger partial charge >= 0.3 is 5.97 Å². The summed E-state index contributed by atoms with van der Waals surface area (Å²) in [7, 11) is 0. The molecule has 1 aliphatic carbocycles. The van der Waals surface area contributed by atoms with E-state index in [1.165, 1.54) is 18.2 Å². The summed E-state index contributed by atoms with van der Waals surface area (Å²) >= 11 is 1.37. The van der Waals surface area contributed by atoms with Crippen molar-refractivity contribution < 1.29 is 18.8 Å². The van der Waals surface area contributed by atoms with Gasteiger partial charge in [-0.1, -0.05) is 43.6 Å². The molecule has 1 N–H and O–H groups in total. The predicted molar refractivity (Wildman–Crippen MR) is 109 cm³/mol. The Morgan fingerprint density at radius 2 is 2.17 bits per heavy atom. The lowest BCUT2D eigenvalue weighted by Gasteiger charge is -2.34. The molecule has 0 radical (unpaired) electrons. The number of carbonyl (C=O) groups is 2. The Balaban J connectivity index is 1.53. The summed E-state index contributed by atoms with van der Waals surface area (Å²) in [6, 6.07) is 5.30. The van der Waals surface area contributed by atoms with Gasteiger partial charge in [0.2, 0.25) is 0 Å². The Bertz CT molecular complexity index is 854. The SMILES string of the molecule is Cc1cc(CSc2ncccc2C(=O)OCC(=O)N[C@H]2CCC[C@@H](C)[C@@H]2C)no1. The third kappa shape index (κ3) is 5.82. The molecule has 2 aromatic rings. The number of carbonyl (C=O) groups excluding carboxylic acids is 2. The number of amides is 1. The number of aromatic nitrogens is 2. The zero-order chi connectivity index (χ0) is 20.8. The lowest BCUT2D eigenvalue weighted by Crippen LogP contribution is -2.45. The molecule has 29 heavy (non-hydrogen) atoms. The maximum Gasteiger partial charge on any atom is 0.341 e. The minimum Gasteiger partial charge on any atom is -0.452 e. The molecule has 1 amide bonds. The maximum atomic E-state index is 12.5. The van der Waals surface area contributed by atoms with Crippen LogP contribution in [0.15, 0.2) is 33.9 Å². The van der Waals surface area contributed by atoms with Crippen molar-refractivity contribution in [2.75, 3.05) is 6.61 Å². The summed E-state index contributed by atoms with van der Waals surface area (Å²) in [6.45, 7) is 5.91. The van der Waals surface area contributed by atoms with Gasteiger partial charge in [-0.25, -0.2) is 9.78 Å². The molecular formula is C21H27N3O4S. The molecule has 0 saturated heterocycles. The van der Waals surface area contributed by atoms with Crippen molar-refractivity contribution in [2.24, 2.45) is 11.8 Å². The standard InChI is InChI=1S/C21H27N3O4S/c1-13-6-4-8-18(15(13)3)23-19(25)11-27-21(26)17-7-5-9-22-20(17)29-12-16-10-14(2)28-24-16/h5,7,9-10,13,15,18H,4,6,8,11-12H2,1-3H3,(H,23,25)/t13-,15+,18+/m1/s1. The molecule has 8 heteroatoms. The number of nitrogens with one attached hydrogen (secondary N) is 1. The summed E-state index contributed by atoms with van der Waals surface area (Å²) < 4.78 is 10.3. The van der Waals surface area contributed by atoms with Crippen LogP contribution in [0.1, 0.15) is 54.9 Å². The van der Waals surface area contributed by atoms with Crippen molar-refractivity contribution >= 4 is 23.6 Å². The third-order valence-corrected chi connectivity index (χ3v) is 6.45. The van der Waals surface area contributed by atoms with Crippen LogP contribution >= 0.6 is 11.8 Å². The van der Waals surface area contributed by atoms with Crippen molar-refractivity contribution in [1.29, 1.82) is 0 Å². The Kier molecular flexibility index (Phi) is 7.30. The van der Waals surface area contributed by atoms with Crippen LogP contribution in [-0.4, -0.2) is 34.7 Å². The number of thioether (sulfide) groups is 1. The molecule has 1 fully saturated rings. The second kappa shape index (κ2) is 9.91. The highest BCUT2D eigenvalue weighted by Gasteiger charge is 2.28. The van der Waals surface area contributed by atoms with E-state index in [2.05, 4.69) is 29.3 Å². The van der Waals surface area contributed by atoms with E-state index >= 15 is 0 Å². The van der Waals surface area contributed by atoms with Gasteiger partial charge in [-0.05, 0) is 37.3 Å². The summed E-state index contributed by atoms with van der Waals surface area (Å²) in [6.07, 6.45) is 4.89. The van der Waals surface area contributed by atoms with Gasteiger partial charge in [-0.3, -0.25) is 4.79 Å². The van der Waals surface area contributed by atoms with Crippen LogP contribution in [0.3, 0.4) is 0 Å². The zero-order valence-electron chi connectivity index (χ0n) is 17.0. The van der Waals surface area contributed by atoms with E-state index in [1.54, 1.807) is 18.3 Å². The highest BCUT2D eigenvalue weighted by Crippen LogP contribution is 2.29. The third-order valence-electron chi connectivity index (χ3n) is 5.41. The van der Waals surface area contributed by atoms with Gasteiger partial charge in [0.05, 0.1) is 11.3 Å². The van der Waals surface area contributed by atoms with E-state index in [1.807, 2.05) is 13.0 Å². The van der Waals surface area contributed by atoms with Gasteiger partial charge in [-0.2, -0.15) is 0 Å². The molecule has 2 aromatic heterocycles. The molecule has 0 unspecified atom stereocenters. The van der Waals surface area contributed by atoms with Gasteiger partial charge in [0.25, 0.3) is 5.91 Å². The van der Waals surface area contributed by atoms with Crippen LogP contribution in [0.25, 0.3) is 0 Å². The van der Waals surface area contributed by atoms with E-state index in [-0.39, 0.29) is 18.6 Å². The number of nitrogens with zero attached hydrogens (tertiary/aromatic N) is 2. The fourth-order valence-electron chi connectivity index (χ4n) is 3.53. The Morgan fingerprint density at radius 3 is 2.93 bits per heavy atom. The monoisotopic (exact) mass is 417 g/mol. The van der Waals surface area contributed by atoms with E-state index in [9.17, 15) is 9.59 Å². The largest absolute Gasteiger partial charge is 0.452 e. The van der Waals surface area contributed by atoms with Crippen molar-refractivity contribution in [3.63, 3.8) is 0 Å². The van der Waals surface area contributed by atoms with Gasteiger partial charge in [0.1, 0.15) is 10.8 Å². The predicted octanol–water partition coefficient (Wildman–Crippen LogP) is 3.77. The first kappa shape index (κ1) is 21.4. The molecule has 0 aliphatic heterocycles. The van der Waals surface area contributed by atoms with E-state index in [0.29, 0.717) is 28.2 Å². The first-order valence-corrected chi connectivity index (χ1v) is 10.9. The summed E-state index contributed by atoms with van der Waals surface area (Å²) in [5, 5.41) is 7.49. The average Bonchev–Trinajstić information content (AvgIpc) is 3.13. The molecule has 3 atom stereocenters. The number of ether oxygens (including phenoxy) is 1. The van der Waals surface area contributed by atoms with Crippen LogP contribution in [0.2, 0.25) is 0 Å². The fraction of sp³-hybridized carbons (Fsp3) is 0.524. The van der Waals surface area contributed by atoms with Crippen LogP contribution in [0.5, 0.6) is 0 Å². The molecule has 1 aliphatic rings. The number of hydrogen-bond acceptors (Lipinski definition) is 7. The maximum absolute atomic E-state index is 12.5. The number of esters is 1. The van der Waals surface area contributed by atoms with Crippen molar-refractivity contribution in [1.82, 2.24) is 15.5 Å². The minimum atomic E-state index is -0.558. The number of aryl methyl sites for hydroxylation is 1. The van der Waals surface area contributed by atoms with Crippen LogP contribution < -0.4 is 5.32 Å². The van der Waals surface area contributed by atoms with Crippen LogP contribution in [0, 0.1) is 18.8 Å². The molecule has 0 spiro atoms. The molecule has 2 heterocycles. The van der Waals surface area contributed by atoms with Crippen molar-refractivity contribution in [2.45, 2.75) is 56.9 Å². The average molecular weight is 418 g/mol. The summed E-state index contributed by atoms with van der Waals surface area (Å²) in [4.78, 5) is 29.0. The molecule has 1 saturated carbocycles. The van der Waals surface area contributed by atoms with E-state index < -0.39 is 5.97 Å². The van der Waals surface area contributed by atoms with Gasteiger partial charge in [-0.15, -0.1) is 0 Å². The van der Waals surface area contributed by atoms with Crippen molar-refractivity contribution in [3.8, 4) is 0 Å². The van der Waals surface area contributed by atoms with Crippen LogP contribution in [-0.2, 0) is 15.3 Å². The second-order valence-electron chi connectivity index (χ2n) is 7.59. The normalized spacial score (nSPS) is 21.6. The molecule has 0 bridgehead atoms.